The van der Waals surface area contributed by atoms with Gasteiger partial charge in [-0.05, 0) is 38.3 Å². The zero-order valence-electron chi connectivity index (χ0n) is 12.1. The van der Waals surface area contributed by atoms with Crippen LogP contribution in [0.15, 0.2) is 42.6 Å². The Balaban J connectivity index is 1.81. The fraction of sp³-hybridized carbons (Fsp3) is 0.438. The van der Waals surface area contributed by atoms with E-state index in [9.17, 15) is 0 Å². The van der Waals surface area contributed by atoms with Crippen LogP contribution >= 0.6 is 0 Å². The van der Waals surface area contributed by atoms with Gasteiger partial charge in [0.15, 0.2) is 0 Å². The number of aromatic nitrogens is 2. The Bertz CT molecular complexity index is 500. The highest BCUT2D eigenvalue weighted by Crippen LogP contribution is 2.14. The lowest BCUT2D eigenvalue weighted by atomic mass is 9.95. The molecule has 1 N–H and O–H groups in total. The summed E-state index contributed by atoms with van der Waals surface area (Å²) in [5, 5.41) is 7.97. The van der Waals surface area contributed by atoms with Gasteiger partial charge in [0.1, 0.15) is 0 Å². The molecule has 2 rings (SSSR count). The van der Waals surface area contributed by atoms with E-state index < -0.39 is 0 Å². The molecule has 3 heteroatoms. The highest BCUT2D eigenvalue weighted by atomic mass is 15.3. The smallest absolute Gasteiger partial charge is 0.0762 e. The van der Waals surface area contributed by atoms with E-state index in [1.54, 1.807) is 0 Å². The lowest BCUT2D eigenvalue weighted by Gasteiger charge is -2.26. The van der Waals surface area contributed by atoms with Crippen molar-refractivity contribution in [3.8, 4) is 0 Å². The molecule has 0 atom stereocenters. The second-order valence-electron chi connectivity index (χ2n) is 5.70. The third-order valence-electron chi connectivity index (χ3n) is 3.40. The van der Waals surface area contributed by atoms with Crippen LogP contribution in [0.1, 0.15) is 31.5 Å². The van der Waals surface area contributed by atoms with Crippen molar-refractivity contribution in [3.63, 3.8) is 0 Å². The first-order chi connectivity index (χ1) is 9.05. The third-order valence-corrected chi connectivity index (χ3v) is 3.40. The zero-order valence-corrected chi connectivity index (χ0v) is 12.1. The van der Waals surface area contributed by atoms with Crippen molar-refractivity contribution >= 4 is 0 Å². The quantitative estimate of drug-likeness (QED) is 0.862. The fourth-order valence-electron chi connectivity index (χ4n) is 2.08. The van der Waals surface area contributed by atoms with Crippen LogP contribution in [0.4, 0.5) is 0 Å². The van der Waals surface area contributed by atoms with E-state index in [1.807, 2.05) is 17.9 Å². The number of hydrogen-bond donors (Lipinski definition) is 1. The van der Waals surface area contributed by atoms with Crippen LogP contribution in [-0.2, 0) is 20.0 Å². The molecule has 19 heavy (non-hydrogen) atoms. The van der Waals surface area contributed by atoms with Gasteiger partial charge in [0.25, 0.3) is 0 Å². The fourth-order valence-corrected chi connectivity index (χ4v) is 2.08. The summed E-state index contributed by atoms with van der Waals surface area (Å²) in [4.78, 5) is 0. The molecule has 0 spiro atoms. The number of aryl methyl sites for hydroxylation is 2. The average molecular weight is 257 g/mol. The molecule has 0 unspecified atom stereocenters. The minimum atomic E-state index is 0.118. The predicted octanol–water partition coefficient (Wildman–Crippen LogP) is 2.92. The van der Waals surface area contributed by atoms with Gasteiger partial charge in [0.2, 0.25) is 0 Å². The summed E-state index contributed by atoms with van der Waals surface area (Å²) in [6, 6.07) is 12.7. The van der Waals surface area contributed by atoms with Crippen LogP contribution < -0.4 is 5.32 Å². The van der Waals surface area contributed by atoms with Crippen molar-refractivity contribution in [3.05, 3.63) is 53.9 Å². The Morgan fingerprint density at radius 3 is 2.53 bits per heavy atom. The molecule has 3 nitrogen and oxygen atoms in total. The maximum absolute atomic E-state index is 4.39. The molecule has 0 fully saturated rings. The Morgan fingerprint density at radius 2 is 1.89 bits per heavy atom. The summed E-state index contributed by atoms with van der Waals surface area (Å²) in [5.41, 5.74) is 2.61. The first-order valence-corrected chi connectivity index (χ1v) is 6.83. The topological polar surface area (TPSA) is 29.9 Å². The zero-order chi connectivity index (χ0) is 13.7. The van der Waals surface area contributed by atoms with Gasteiger partial charge in [-0.2, -0.15) is 5.10 Å². The molecule has 2 aromatic rings. The molecule has 1 aromatic heterocycles. The molecule has 0 aliphatic heterocycles. The lowest BCUT2D eigenvalue weighted by Crippen LogP contribution is -2.39. The minimum absolute atomic E-state index is 0.118. The second-order valence-corrected chi connectivity index (χ2v) is 5.70. The maximum atomic E-state index is 4.39. The molecule has 0 amide bonds. The van der Waals surface area contributed by atoms with E-state index in [0.29, 0.717) is 0 Å². The standard InChI is InChI=1S/C16H23N3/c1-16(2,11-9-14-7-5-4-6-8-14)17-13-15-10-12-19(3)18-15/h4-8,10,12,17H,9,11,13H2,1-3H3. The van der Waals surface area contributed by atoms with Crippen molar-refractivity contribution in [1.29, 1.82) is 0 Å². The molecule has 0 radical (unpaired) electrons. The minimum Gasteiger partial charge on any atom is -0.306 e. The molecule has 102 valence electrons. The summed E-state index contributed by atoms with van der Waals surface area (Å²) in [7, 11) is 1.95. The average Bonchev–Trinajstić information content (AvgIpc) is 2.82. The molecular weight excluding hydrogens is 234 g/mol. The molecule has 0 saturated heterocycles. The predicted molar refractivity (Wildman–Crippen MR) is 78.9 cm³/mol. The van der Waals surface area contributed by atoms with Gasteiger partial charge in [-0.1, -0.05) is 30.3 Å². The van der Waals surface area contributed by atoms with E-state index in [1.165, 1.54) is 5.56 Å². The lowest BCUT2D eigenvalue weighted by molar-refractivity contribution is 0.358. The number of nitrogens with one attached hydrogen (secondary N) is 1. The first kappa shape index (κ1) is 13.8. The van der Waals surface area contributed by atoms with Crippen molar-refractivity contribution < 1.29 is 0 Å². The van der Waals surface area contributed by atoms with Crippen molar-refractivity contribution in [2.45, 2.75) is 38.8 Å². The Morgan fingerprint density at radius 1 is 1.16 bits per heavy atom. The second kappa shape index (κ2) is 6.02. The van der Waals surface area contributed by atoms with Crippen LogP contribution in [0.3, 0.4) is 0 Å². The molecule has 0 saturated carbocycles. The van der Waals surface area contributed by atoms with Crippen molar-refractivity contribution in [2.24, 2.45) is 7.05 Å². The van der Waals surface area contributed by atoms with Gasteiger partial charge in [0.05, 0.1) is 5.69 Å². The van der Waals surface area contributed by atoms with Crippen LogP contribution in [0, 0.1) is 0 Å². The molecule has 1 heterocycles. The Labute approximate surface area is 115 Å². The molecule has 0 bridgehead atoms. The van der Waals surface area contributed by atoms with Crippen LogP contribution in [0.2, 0.25) is 0 Å². The van der Waals surface area contributed by atoms with Gasteiger partial charge in [0, 0.05) is 25.3 Å². The summed E-state index contributed by atoms with van der Waals surface area (Å²) in [5.74, 6) is 0. The highest BCUT2D eigenvalue weighted by molar-refractivity contribution is 5.15. The number of hydrogen-bond acceptors (Lipinski definition) is 2. The van der Waals surface area contributed by atoms with Gasteiger partial charge in [-0.15, -0.1) is 0 Å². The van der Waals surface area contributed by atoms with Gasteiger partial charge >= 0.3 is 0 Å². The Kier molecular flexibility index (Phi) is 4.38. The monoisotopic (exact) mass is 257 g/mol. The summed E-state index contributed by atoms with van der Waals surface area (Å²) in [6.07, 6.45) is 4.20. The van der Waals surface area contributed by atoms with Crippen LogP contribution in [0.5, 0.6) is 0 Å². The number of nitrogens with zero attached hydrogens (tertiary/aromatic N) is 2. The summed E-state index contributed by atoms with van der Waals surface area (Å²) in [6.45, 7) is 5.32. The van der Waals surface area contributed by atoms with Gasteiger partial charge in [-0.3, -0.25) is 4.68 Å². The molecule has 0 aliphatic rings. The summed E-state index contributed by atoms with van der Waals surface area (Å²) >= 11 is 0. The van der Waals surface area contributed by atoms with E-state index in [2.05, 4.69) is 60.7 Å². The van der Waals surface area contributed by atoms with Crippen LogP contribution in [0.25, 0.3) is 0 Å². The van der Waals surface area contributed by atoms with E-state index in [4.69, 9.17) is 0 Å². The third kappa shape index (κ3) is 4.52. The highest BCUT2D eigenvalue weighted by Gasteiger charge is 2.17. The normalized spacial score (nSPS) is 11.7. The number of rotatable bonds is 6. The van der Waals surface area contributed by atoms with E-state index in [-0.39, 0.29) is 5.54 Å². The van der Waals surface area contributed by atoms with Crippen molar-refractivity contribution in [1.82, 2.24) is 15.1 Å². The van der Waals surface area contributed by atoms with Gasteiger partial charge in [-0.25, -0.2) is 0 Å². The first-order valence-electron chi connectivity index (χ1n) is 6.83. The van der Waals surface area contributed by atoms with E-state index in [0.717, 1.165) is 25.1 Å². The number of benzene rings is 1. The largest absolute Gasteiger partial charge is 0.306 e. The molecular formula is C16H23N3. The molecule has 1 aromatic carbocycles. The van der Waals surface area contributed by atoms with Gasteiger partial charge < -0.3 is 5.32 Å². The SMILES string of the molecule is Cn1ccc(CNC(C)(C)CCc2ccccc2)n1. The molecule has 0 aliphatic carbocycles. The maximum Gasteiger partial charge on any atom is 0.0762 e. The summed E-state index contributed by atoms with van der Waals surface area (Å²) < 4.78 is 1.84. The van der Waals surface area contributed by atoms with Crippen LogP contribution in [-0.4, -0.2) is 15.3 Å². The van der Waals surface area contributed by atoms with Crippen molar-refractivity contribution in [2.75, 3.05) is 0 Å². The Hall–Kier alpha value is -1.61. The van der Waals surface area contributed by atoms with E-state index >= 15 is 0 Å².